The van der Waals surface area contributed by atoms with Gasteiger partial charge in [-0.3, -0.25) is 4.79 Å². The van der Waals surface area contributed by atoms with E-state index in [1.807, 2.05) is 43.3 Å². The summed E-state index contributed by atoms with van der Waals surface area (Å²) in [7, 11) is -3.53. The predicted molar refractivity (Wildman–Crippen MR) is 120 cm³/mol. The zero-order valence-corrected chi connectivity index (χ0v) is 18.6. The highest BCUT2D eigenvalue weighted by Gasteiger charge is 2.30. The molecule has 0 spiro atoms. The topological polar surface area (TPSA) is 66.9 Å². The third-order valence-electron chi connectivity index (χ3n) is 5.87. The molecule has 1 aliphatic heterocycles. The monoisotopic (exact) mass is 440 g/mol. The lowest BCUT2D eigenvalue weighted by Crippen LogP contribution is -2.50. The molecule has 7 heteroatoms. The third kappa shape index (κ3) is 4.83. The molecule has 2 aliphatic rings. The summed E-state index contributed by atoms with van der Waals surface area (Å²) in [6.07, 6.45) is 6.37. The number of aryl methyl sites for hydroxylation is 2. The Labute approximate surface area is 184 Å². The number of carbonyl (C=O) groups is 1. The van der Waals surface area contributed by atoms with E-state index in [4.69, 9.17) is 4.74 Å². The number of hydrogen-bond acceptors (Lipinski definition) is 4. The quantitative estimate of drug-likeness (QED) is 0.648. The Hall–Kier alpha value is -2.64. The highest BCUT2D eigenvalue weighted by molar-refractivity contribution is 7.89. The van der Waals surface area contributed by atoms with E-state index in [-0.39, 0.29) is 5.91 Å². The van der Waals surface area contributed by atoms with Crippen LogP contribution in [0.4, 0.5) is 0 Å². The lowest BCUT2D eigenvalue weighted by atomic mass is 10.1. The molecule has 1 fully saturated rings. The molecular weight excluding hydrogens is 412 g/mol. The fourth-order valence-electron chi connectivity index (χ4n) is 4.12. The molecule has 0 saturated carbocycles. The van der Waals surface area contributed by atoms with Crippen molar-refractivity contribution in [2.24, 2.45) is 0 Å². The summed E-state index contributed by atoms with van der Waals surface area (Å²) in [6.45, 7) is 3.93. The number of rotatable bonds is 6. The van der Waals surface area contributed by atoms with E-state index in [2.05, 4.69) is 0 Å². The van der Waals surface area contributed by atoms with E-state index in [0.717, 1.165) is 36.1 Å². The van der Waals surface area contributed by atoms with Gasteiger partial charge in [0.2, 0.25) is 15.9 Å². The number of ether oxygens (including phenoxy) is 1. The minimum atomic E-state index is -3.53. The zero-order valence-electron chi connectivity index (χ0n) is 17.8. The van der Waals surface area contributed by atoms with Gasteiger partial charge in [-0.25, -0.2) is 8.42 Å². The Bertz CT molecular complexity index is 1070. The zero-order chi connectivity index (χ0) is 21.8. The van der Waals surface area contributed by atoms with Crippen LogP contribution in [0, 0.1) is 0 Å². The predicted octanol–water partition coefficient (Wildman–Crippen LogP) is 3.12. The maximum atomic E-state index is 13.0. The molecule has 0 N–H and O–H groups in total. The van der Waals surface area contributed by atoms with E-state index >= 15 is 0 Å². The minimum absolute atomic E-state index is 0.108. The second-order valence-corrected chi connectivity index (χ2v) is 9.79. The molecule has 1 heterocycles. The first kappa shape index (κ1) is 21.6. The van der Waals surface area contributed by atoms with Crippen molar-refractivity contribution < 1.29 is 17.9 Å². The van der Waals surface area contributed by atoms with Crippen LogP contribution >= 0.6 is 0 Å². The van der Waals surface area contributed by atoms with Crippen molar-refractivity contribution in [2.75, 3.05) is 32.8 Å². The first-order valence-corrected chi connectivity index (χ1v) is 12.2. The second-order valence-electron chi connectivity index (χ2n) is 7.85. The molecule has 2 aromatic rings. The van der Waals surface area contributed by atoms with E-state index in [9.17, 15) is 13.2 Å². The van der Waals surface area contributed by atoms with Crippen molar-refractivity contribution in [1.29, 1.82) is 0 Å². The summed E-state index contributed by atoms with van der Waals surface area (Å²) in [5.74, 6) is 0.690. The largest absolute Gasteiger partial charge is 0.494 e. The summed E-state index contributed by atoms with van der Waals surface area (Å²) in [5, 5.41) is 0. The molecule has 4 rings (SSSR count). The van der Waals surface area contributed by atoms with Crippen LogP contribution in [0.2, 0.25) is 0 Å². The molecule has 0 atom stereocenters. The van der Waals surface area contributed by atoms with Gasteiger partial charge in [0, 0.05) is 32.3 Å². The van der Waals surface area contributed by atoms with Crippen molar-refractivity contribution in [1.82, 2.24) is 9.21 Å². The average molecular weight is 441 g/mol. The van der Waals surface area contributed by atoms with E-state index in [0.29, 0.717) is 37.7 Å². The van der Waals surface area contributed by atoms with Crippen LogP contribution in [-0.4, -0.2) is 56.3 Å². The number of piperazine rings is 1. The van der Waals surface area contributed by atoms with Crippen LogP contribution in [-0.2, 0) is 27.7 Å². The van der Waals surface area contributed by atoms with Crippen molar-refractivity contribution >= 4 is 22.0 Å². The van der Waals surface area contributed by atoms with Gasteiger partial charge in [0.25, 0.3) is 0 Å². The molecule has 0 unspecified atom stereocenters. The first-order valence-electron chi connectivity index (χ1n) is 10.8. The summed E-state index contributed by atoms with van der Waals surface area (Å²) >= 11 is 0. The fraction of sp³-hybridized carbons (Fsp3) is 0.375. The SMILES string of the molecule is CCOc1ccc(/C=C/C(=O)N2CCN(S(=O)(=O)c3ccc4c(c3)CCC4)CC2)cc1. The van der Waals surface area contributed by atoms with Gasteiger partial charge in [-0.05, 0) is 73.2 Å². The average Bonchev–Trinajstić information content (AvgIpc) is 3.27. The Morgan fingerprint density at radius 2 is 1.71 bits per heavy atom. The molecule has 31 heavy (non-hydrogen) atoms. The summed E-state index contributed by atoms with van der Waals surface area (Å²) in [5.41, 5.74) is 3.32. The van der Waals surface area contributed by atoms with Gasteiger partial charge in [-0.2, -0.15) is 4.31 Å². The van der Waals surface area contributed by atoms with Crippen LogP contribution in [0.25, 0.3) is 6.08 Å². The van der Waals surface area contributed by atoms with Crippen molar-refractivity contribution in [3.05, 3.63) is 65.2 Å². The van der Waals surface area contributed by atoms with Crippen molar-refractivity contribution in [3.63, 3.8) is 0 Å². The van der Waals surface area contributed by atoms with Crippen molar-refractivity contribution in [3.8, 4) is 5.75 Å². The number of carbonyl (C=O) groups excluding carboxylic acids is 1. The third-order valence-corrected chi connectivity index (χ3v) is 7.76. The maximum absolute atomic E-state index is 13.0. The van der Waals surface area contributed by atoms with Gasteiger partial charge in [0.05, 0.1) is 11.5 Å². The number of hydrogen-bond donors (Lipinski definition) is 0. The van der Waals surface area contributed by atoms with Gasteiger partial charge in [0.1, 0.15) is 5.75 Å². The number of nitrogens with zero attached hydrogens (tertiary/aromatic N) is 2. The van der Waals surface area contributed by atoms with Crippen molar-refractivity contribution in [2.45, 2.75) is 31.1 Å². The highest BCUT2D eigenvalue weighted by Crippen LogP contribution is 2.26. The van der Waals surface area contributed by atoms with Gasteiger partial charge in [0.15, 0.2) is 0 Å². The highest BCUT2D eigenvalue weighted by atomic mass is 32.2. The van der Waals surface area contributed by atoms with Crippen LogP contribution in [0.3, 0.4) is 0 Å². The molecule has 2 aromatic carbocycles. The summed E-state index contributed by atoms with van der Waals surface area (Å²) < 4.78 is 33.0. The smallest absolute Gasteiger partial charge is 0.246 e. The Balaban J connectivity index is 1.35. The van der Waals surface area contributed by atoms with Gasteiger partial charge < -0.3 is 9.64 Å². The lowest BCUT2D eigenvalue weighted by Gasteiger charge is -2.33. The Kier molecular flexibility index (Phi) is 6.43. The molecule has 1 saturated heterocycles. The molecular formula is C24H28N2O4S. The van der Waals surface area contributed by atoms with Gasteiger partial charge in [-0.1, -0.05) is 18.2 Å². The maximum Gasteiger partial charge on any atom is 0.246 e. The number of fused-ring (bicyclic) bond motifs is 1. The van der Waals surface area contributed by atoms with Crippen LogP contribution in [0.5, 0.6) is 5.75 Å². The standard InChI is InChI=1S/C24H28N2O4S/c1-2-30-22-10-6-19(7-11-22)8-13-24(27)25-14-16-26(17-15-25)31(28,29)23-12-9-20-4-3-5-21(20)18-23/h6-13,18H,2-5,14-17H2,1H3/b13-8+. The molecule has 6 nitrogen and oxygen atoms in total. The van der Waals surface area contributed by atoms with Crippen LogP contribution in [0.1, 0.15) is 30.0 Å². The molecule has 1 amide bonds. The summed E-state index contributed by atoms with van der Waals surface area (Å²) in [4.78, 5) is 14.6. The Morgan fingerprint density at radius 3 is 2.42 bits per heavy atom. The van der Waals surface area contributed by atoms with E-state index in [1.54, 1.807) is 23.1 Å². The molecule has 0 radical (unpaired) electrons. The fourth-order valence-corrected chi connectivity index (χ4v) is 5.59. The second kappa shape index (κ2) is 9.24. The van der Waals surface area contributed by atoms with E-state index < -0.39 is 10.0 Å². The number of amides is 1. The van der Waals surface area contributed by atoms with Gasteiger partial charge >= 0.3 is 0 Å². The number of benzene rings is 2. The molecule has 0 bridgehead atoms. The van der Waals surface area contributed by atoms with Crippen LogP contribution < -0.4 is 4.74 Å². The van der Waals surface area contributed by atoms with E-state index in [1.165, 1.54) is 9.87 Å². The molecule has 0 aromatic heterocycles. The van der Waals surface area contributed by atoms with Gasteiger partial charge in [-0.15, -0.1) is 0 Å². The molecule has 1 aliphatic carbocycles. The van der Waals surface area contributed by atoms with Crippen LogP contribution in [0.15, 0.2) is 53.4 Å². The summed E-state index contributed by atoms with van der Waals surface area (Å²) in [6, 6.07) is 13.0. The Morgan fingerprint density at radius 1 is 1.00 bits per heavy atom. The normalized spacial score (nSPS) is 17.1. The minimum Gasteiger partial charge on any atom is -0.494 e. The lowest BCUT2D eigenvalue weighted by molar-refractivity contribution is -0.127. The number of sulfonamides is 1. The molecule has 164 valence electrons. The first-order chi connectivity index (χ1) is 15.0.